The topological polar surface area (TPSA) is 63.7 Å². The van der Waals surface area contributed by atoms with Crippen LogP contribution in [0.4, 0.5) is 0 Å². The van der Waals surface area contributed by atoms with Gasteiger partial charge in [0.15, 0.2) is 5.96 Å². The molecule has 0 radical (unpaired) electrons. The van der Waals surface area contributed by atoms with E-state index in [1.807, 2.05) is 11.9 Å². The first-order valence-corrected chi connectivity index (χ1v) is 11.5. The smallest absolute Gasteiger partial charge is 0.239 e. The summed E-state index contributed by atoms with van der Waals surface area (Å²) >= 11 is 0. The normalized spacial score (nSPS) is 30.5. The zero-order valence-corrected chi connectivity index (χ0v) is 18.2. The van der Waals surface area contributed by atoms with Gasteiger partial charge in [-0.3, -0.25) is 19.6 Å². The molecule has 0 spiro atoms. The number of hydrogen-bond acceptors (Lipinski definition) is 5. The van der Waals surface area contributed by atoms with E-state index in [9.17, 15) is 4.79 Å². The average molecular weight is 407 g/mol. The lowest BCUT2D eigenvalue weighted by Gasteiger charge is -2.40. The van der Waals surface area contributed by atoms with Crippen molar-refractivity contribution in [2.75, 3.05) is 72.6 Å². The Morgan fingerprint density at radius 2 is 1.83 bits per heavy atom. The van der Waals surface area contributed by atoms with E-state index in [1.54, 1.807) is 0 Å². The van der Waals surface area contributed by atoms with Gasteiger partial charge in [0.25, 0.3) is 0 Å². The minimum atomic E-state index is -0.0192. The van der Waals surface area contributed by atoms with Crippen LogP contribution in [0.2, 0.25) is 0 Å². The van der Waals surface area contributed by atoms with Crippen molar-refractivity contribution >= 4 is 11.9 Å². The highest BCUT2D eigenvalue weighted by Crippen LogP contribution is 2.22. The van der Waals surface area contributed by atoms with E-state index in [4.69, 9.17) is 4.74 Å². The number of ether oxygens (including phenoxy) is 1. The zero-order valence-electron chi connectivity index (χ0n) is 18.2. The van der Waals surface area contributed by atoms with Gasteiger partial charge in [0.1, 0.15) is 0 Å². The second kappa shape index (κ2) is 9.62. The Labute approximate surface area is 175 Å². The molecule has 0 aliphatic carbocycles. The van der Waals surface area contributed by atoms with Crippen molar-refractivity contribution in [1.82, 2.24) is 24.9 Å². The van der Waals surface area contributed by atoms with Crippen molar-refractivity contribution in [2.45, 2.75) is 50.8 Å². The lowest BCUT2D eigenvalue weighted by molar-refractivity contribution is -0.135. The van der Waals surface area contributed by atoms with Crippen molar-refractivity contribution in [3.05, 3.63) is 0 Å². The molecule has 3 unspecified atom stereocenters. The van der Waals surface area contributed by atoms with Crippen molar-refractivity contribution < 1.29 is 9.53 Å². The van der Waals surface area contributed by atoms with Gasteiger partial charge in [0.2, 0.25) is 5.91 Å². The summed E-state index contributed by atoms with van der Waals surface area (Å²) in [7, 11) is 1.85. The molecule has 0 aromatic carbocycles. The monoisotopic (exact) mass is 406 g/mol. The number of amides is 1. The summed E-state index contributed by atoms with van der Waals surface area (Å²) in [5.41, 5.74) is 0. The molecule has 0 aromatic rings. The molecule has 29 heavy (non-hydrogen) atoms. The third-order valence-electron chi connectivity index (χ3n) is 7.10. The molecule has 3 atom stereocenters. The molecule has 1 N–H and O–H groups in total. The Hall–Kier alpha value is -1.38. The number of piperazine rings is 1. The third-order valence-corrected chi connectivity index (χ3v) is 7.10. The number of likely N-dealkylation sites (tertiary alicyclic amines) is 1. The molecule has 4 aliphatic heterocycles. The molecule has 1 amide bonds. The molecule has 4 fully saturated rings. The summed E-state index contributed by atoms with van der Waals surface area (Å²) in [5, 5.41) is 3.53. The largest absolute Gasteiger partial charge is 0.373 e. The van der Waals surface area contributed by atoms with Gasteiger partial charge in [-0.1, -0.05) is 0 Å². The van der Waals surface area contributed by atoms with Crippen LogP contribution in [0.25, 0.3) is 0 Å². The van der Waals surface area contributed by atoms with E-state index < -0.39 is 0 Å². The quantitative estimate of drug-likeness (QED) is 0.526. The lowest BCUT2D eigenvalue weighted by atomic mass is 10.2. The molecule has 4 heterocycles. The van der Waals surface area contributed by atoms with Gasteiger partial charge in [-0.2, -0.15) is 0 Å². The molecule has 164 valence electrons. The summed E-state index contributed by atoms with van der Waals surface area (Å²) in [6, 6.07) is 0.623. The Morgan fingerprint density at radius 1 is 1.07 bits per heavy atom. The number of nitrogens with one attached hydrogen (secondary N) is 1. The number of morpholine rings is 1. The molecule has 0 aromatic heterocycles. The van der Waals surface area contributed by atoms with Crippen LogP contribution >= 0.6 is 0 Å². The molecule has 8 heteroatoms. The highest BCUT2D eigenvalue weighted by Gasteiger charge is 2.33. The van der Waals surface area contributed by atoms with Gasteiger partial charge in [-0.15, -0.1) is 0 Å². The van der Waals surface area contributed by atoms with Crippen LogP contribution < -0.4 is 5.32 Å². The SMILES string of the molecule is CN=C(NCC1CN2CCCC2CO1)N1CCN(C(C)C(=O)N2CCCC2)CC1. The minimum Gasteiger partial charge on any atom is -0.373 e. The number of aliphatic imine (C=N–C) groups is 1. The maximum absolute atomic E-state index is 12.7. The summed E-state index contributed by atoms with van der Waals surface area (Å²) in [6.45, 7) is 11.4. The van der Waals surface area contributed by atoms with Crippen LogP contribution in [0.1, 0.15) is 32.6 Å². The van der Waals surface area contributed by atoms with E-state index in [2.05, 4.69) is 31.9 Å². The molecule has 4 rings (SSSR count). The highest BCUT2D eigenvalue weighted by molar-refractivity contribution is 5.82. The van der Waals surface area contributed by atoms with Gasteiger partial charge >= 0.3 is 0 Å². The summed E-state index contributed by atoms with van der Waals surface area (Å²) in [5.74, 6) is 1.25. The standard InChI is InChI=1S/C21H38N6O2/c1-17(20(28)25-7-3-4-8-25)24-10-12-26(13-11-24)21(22-2)23-14-19-15-27-9-5-6-18(27)16-29-19/h17-19H,3-16H2,1-2H3,(H,22,23). The van der Waals surface area contributed by atoms with Crippen molar-refractivity contribution in [3.8, 4) is 0 Å². The first-order valence-electron chi connectivity index (χ1n) is 11.5. The van der Waals surface area contributed by atoms with Crippen LogP contribution in [-0.4, -0.2) is 122 Å². The number of carbonyl (C=O) groups is 1. The highest BCUT2D eigenvalue weighted by atomic mass is 16.5. The molecular weight excluding hydrogens is 368 g/mol. The molecule has 0 bridgehead atoms. The lowest BCUT2D eigenvalue weighted by Crippen LogP contribution is -2.58. The van der Waals surface area contributed by atoms with Crippen LogP contribution in [0.15, 0.2) is 4.99 Å². The van der Waals surface area contributed by atoms with Gasteiger partial charge < -0.3 is 19.9 Å². The maximum atomic E-state index is 12.7. The Morgan fingerprint density at radius 3 is 2.55 bits per heavy atom. The fraction of sp³-hybridized carbons (Fsp3) is 0.905. The molecule has 4 aliphatic rings. The van der Waals surface area contributed by atoms with Gasteiger partial charge in [0.05, 0.1) is 18.8 Å². The molecule has 0 saturated carbocycles. The molecule has 4 saturated heterocycles. The van der Waals surface area contributed by atoms with E-state index in [-0.39, 0.29) is 12.1 Å². The number of guanidine groups is 1. The van der Waals surface area contributed by atoms with E-state index in [0.29, 0.717) is 11.9 Å². The van der Waals surface area contributed by atoms with Crippen LogP contribution in [0, 0.1) is 0 Å². The van der Waals surface area contributed by atoms with Crippen LogP contribution in [0.5, 0.6) is 0 Å². The first-order chi connectivity index (χ1) is 14.2. The predicted molar refractivity (Wildman–Crippen MR) is 114 cm³/mol. The Kier molecular flexibility index (Phi) is 6.92. The molecular formula is C21H38N6O2. The maximum Gasteiger partial charge on any atom is 0.239 e. The number of carbonyl (C=O) groups excluding carboxylic acids is 1. The summed E-state index contributed by atoms with van der Waals surface area (Å²) in [4.78, 5) is 26.4. The zero-order chi connectivity index (χ0) is 20.2. The number of nitrogens with zero attached hydrogens (tertiary/aromatic N) is 5. The molecule has 8 nitrogen and oxygen atoms in total. The number of rotatable bonds is 4. The van der Waals surface area contributed by atoms with E-state index in [0.717, 1.165) is 77.8 Å². The summed E-state index contributed by atoms with van der Waals surface area (Å²) in [6.07, 6.45) is 5.12. The Balaban J connectivity index is 1.21. The first kappa shape index (κ1) is 20.9. The number of hydrogen-bond donors (Lipinski definition) is 1. The van der Waals surface area contributed by atoms with Gasteiger partial charge in [-0.25, -0.2) is 0 Å². The fourth-order valence-electron chi connectivity index (χ4n) is 5.23. The number of fused-ring (bicyclic) bond motifs is 1. The third kappa shape index (κ3) is 4.86. The predicted octanol–water partition coefficient (Wildman–Crippen LogP) is 0.0535. The second-order valence-electron chi connectivity index (χ2n) is 8.91. The van der Waals surface area contributed by atoms with Crippen molar-refractivity contribution in [1.29, 1.82) is 0 Å². The van der Waals surface area contributed by atoms with Crippen LogP contribution in [0.3, 0.4) is 0 Å². The van der Waals surface area contributed by atoms with Gasteiger partial charge in [0, 0.05) is 65.4 Å². The van der Waals surface area contributed by atoms with Crippen LogP contribution in [-0.2, 0) is 9.53 Å². The van der Waals surface area contributed by atoms with E-state index >= 15 is 0 Å². The van der Waals surface area contributed by atoms with E-state index in [1.165, 1.54) is 19.4 Å². The fourth-order valence-corrected chi connectivity index (χ4v) is 5.23. The Bertz CT molecular complexity index is 586. The van der Waals surface area contributed by atoms with Gasteiger partial charge in [-0.05, 0) is 39.2 Å². The van der Waals surface area contributed by atoms with Crippen molar-refractivity contribution in [2.24, 2.45) is 4.99 Å². The second-order valence-corrected chi connectivity index (χ2v) is 8.91. The minimum absolute atomic E-state index is 0.0192. The van der Waals surface area contributed by atoms with Crippen molar-refractivity contribution in [3.63, 3.8) is 0 Å². The summed E-state index contributed by atoms with van der Waals surface area (Å²) < 4.78 is 6.07. The average Bonchev–Trinajstić information content (AvgIpc) is 3.45.